The van der Waals surface area contributed by atoms with Crippen LogP contribution in [0.5, 0.6) is 0 Å². The fourth-order valence-corrected chi connectivity index (χ4v) is 1.60. The fourth-order valence-electron chi connectivity index (χ4n) is 1.60. The van der Waals surface area contributed by atoms with Gasteiger partial charge in [0.1, 0.15) is 0 Å². The molecule has 13 heavy (non-hydrogen) atoms. The zero-order chi connectivity index (χ0) is 9.84. The molecule has 0 aliphatic heterocycles. The molecule has 1 aliphatic carbocycles. The number of rotatable bonds is 5. The molecule has 0 bridgehead atoms. The first-order chi connectivity index (χ1) is 6.20. The summed E-state index contributed by atoms with van der Waals surface area (Å²) in [4.78, 5) is 0. The lowest BCUT2D eigenvalue weighted by molar-refractivity contribution is 0.225. The zero-order valence-corrected chi connectivity index (χ0v) is 8.45. The molecule has 0 aromatic heterocycles. The lowest BCUT2D eigenvalue weighted by atomic mass is 10.2. The van der Waals surface area contributed by atoms with Crippen molar-refractivity contribution in [2.45, 2.75) is 26.7 Å². The topological polar surface area (TPSA) is 35.8 Å². The van der Waals surface area contributed by atoms with Crippen molar-refractivity contribution in [3.05, 3.63) is 11.3 Å². The molecule has 1 saturated carbocycles. The molecule has 74 valence electrons. The van der Waals surface area contributed by atoms with Gasteiger partial charge in [0.25, 0.3) is 0 Å². The van der Waals surface area contributed by atoms with Crippen LogP contribution in [0.2, 0.25) is 0 Å². The number of hydrazone groups is 1. The average Bonchev–Trinajstić information content (AvgIpc) is 2.86. The largest absolute Gasteiger partial charge is 0.394 e. The summed E-state index contributed by atoms with van der Waals surface area (Å²) in [6.45, 7) is 8.38. The van der Waals surface area contributed by atoms with E-state index >= 15 is 0 Å². The van der Waals surface area contributed by atoms with Gasteiger partial charge in [-0.1, -0.05) is 5.57 Å². The number of hydrogen-bond donors (Lipinski definition) is 1. The van der Waals surface area contributed by atoms with Crippen LogP contribution in [0.1, 0.15) is 26.7 Å². The minimum Gasteiger partial charge on any atom is -0.394 e. The first-order valence-corrected chi connectivity index (χ1v) is 4.73. The Morgan fingerprint density at radius 1 is 1.54 bits per heavy atom. The molecule has 0 atom stereocenters. The number of hydrogen-bond acceptors (Lipinski definition) is 3. The predicted molar refractivity (Wildman–Crippen MR) is 54.4 cm³/mol. The lowest BCUT2D eigenvalue weighted by Gasteiger charge is -2.22. The molecule has 3 nitrogen and oxygen atoms in total. The summed E-state index contributed by atoms with van der Waals surface area (Å²) in [5, 5.41) is 14.6. The van der Waals surface area contributed by atoms with Gasteiger partial charge in [0.05, 0.1) is 13.2 Å². The first-order valence-electron chi connectivity index (χ1n) is 4.73. The Balaban J connectivity index is 2.72. The summed E-state index contributed by atoms with van der Waals surface area (Å²) in [6, 6.07) is 0. The standard InChI is InChI=1S/C10H18N2O/c1-8(2)10(9-4-5-9)12(11-3)6-7-13/h9,13H,3-7H2,1-2H3. The molecule has 0 unspecified atom stereocenters. The highest BCUT2D eigenvalue weighted by Gasteiger charge is 2.30. The fraction of sp³-hybridized carbons (Fsp3) is 0.700. The third-order valence-corrected chi connectivity index (χ3v) is 2.24. The number of nitrogens with zero attached hydrogens (tertiary/aromatic N) is 2. The molecule has 0 amide bonds. The molecule has 1 rings (SSSR count). The van der Waals surface area contributed by atoms with E-state index in [1.807, 2.05) is 5.01 Å². The maximum Gasteiger partial charge on any atom is 0.0643 e. The third kappa shape index (κ3) is 2.56. The molecule has 1 fully saturated rings. The molecule has 1 aliphatic rings. The van der Waals surface area contributed by atoms with Gasteiger partial charge >= 0.3 is 0 Å². The van der Waals surface area contributed by atoms with Crippen molar-refractivity contribution in [3.8, 4) is 0 Å². The van der Waals surface area contributed by atoms with E-state index in [0.29, 0.717) is 12.5 Å². The normalized spacial score (nSPS) is 15.3. The van der Waals surface area contributed by atoms with E-state index in [0.717, 1.165) is 0 Å². The smallest absolute Gasteiger partial charge is 0.0643 e. The molecule has 0 spiro atoms. The molecule has 0 radical (unpaired) electrons. The highest BCUT2D eigenvalue weighted by Crippen LogP contribution is 2.39. The van der Waals surface area contributed by atoms with E-state index in [-0.39, 0.29) is 6.61 Å². The maximum atomic E-state index is 8.85. The highest BCUT2D eigenvalue weighted by molar-refractivity contribution is 5.25. The van der Waals surface area contributed by atoms with Crippen LogP contribution in [0, 0.1) is 5.92 Å². The van der Waals surface area contributed by atoms with Gasteiger partial charge in [-0.2, -0.15) is 5.10 Å². The number of allylic oxidation sites excluding steroid dienone is 2. The summed E-state index contributed by atoms with van der Waals surface area (Å²) in [5.41, 5.74) is 2.53. The molecular formula is C10H18N2O. The van der Waals surface area contributed by atoms with Gasteiger partial charge in [0, 0.05) is 18.3 Å². The Morgan fingerprint density at radius 3 is 2.46 bits per heavy atom. The molecule has 0 aromatic carbocycles. The summed E-state index contributed by atoms with van der Waals surface area (Å²) in [7, 11) is 0. The highest BCUT2D eigenvalue weighted by atomic mass is 16.3. The minimum atomic E-state index is 0.127. The first kappa shape index (κ1) is 10.3. The number of aliphatic hydroxyl groups is 1. The van der Waals surface area contributed by atoms with Crippen LogP contribution in [0.25, 0.3) is 0 Å². The van der Waals surface area contributed by atoms with E-state index in [2.05, 4.69) is 25.7 Å². The van der Waals surface area contributed by atoms with Crippen LogP contribution in [-0.2, 0) is 0 Å². The van der Waals surface area contributed by atoms with Crippen molar-refractivity contribution in [1.82, 2.24) is 5.01 Å². The summed E-state index contributed by atoms with van der Waals surface area (Å²) < 4.78 is 0. The van der Waals surface area contributed by atoms with Gasteiger partial charge < -0.3 is 5.11 Å². The Morgan fingerprint density at radius 2 is 2.15 bits per heavy atom. The lowest BCUT2D eigenvalue weighted by Crippen LogP contribution is -2.22. The summed E-state index contributed by atoms with van der Waals surface area (Å²) >= 11 is 0. The van der Waals surface area contributed by atoms with Crippen molar-refractivity contribution in [2.75, 3.05) is 13.2 Å². The van der Waals surface area contributed by atoms with Crippen LogP contribution >= 0.6 is 0 Å². The van der Waals surface area contributed by atoms with Crippen molar-refractivity contribution in [2.24, 2.45) is 11.0 Å². The monoisotopic (exact) mass is 182 g/mol. The second-order valence-electron chi connectivity index (χ2n) is 3.65. The Labute approximate surface area is 79.7 Å². The molecular weight excluding hydrogens is 164 g/mol. The molecule has 0 heterocycles. The van der Waals surface area contributed by atoms with E-state index < -0.39 is 0 Å². The quantitative estimate of drug-likeness (QED) is 0.518. The maximum absolute atomic E-state index is 8.85. The van der Waals surface area contributed by atoms with E-state index in [1.54, 1.807) is 0 Å². The van der Waals surface area contributed by atoms with Gasteiger partial charge in [-0.25, -0.2) is 0 Å². The van der Waals surface area contributed by atoms with Crippen LogP contribution in [0.3, 0.4) is 0 Å². The van der Waals surface area contributed by atoms with Gasteiger partial charge in [0.15, 0.2) is 0 Å². The SMILES string of the molecule is C=NN(CCO)C(=C(C)C)C1CC1. The van der Waals surface area contributed by atoms with Crippen LogP contribution in [0.4, 0.5) is 0 Å². The van der Waals surface area contributed by atoms with Crippen molar-refractivity contribution < 1.29 is 5.11 Å². The second-order valence-corrected chi connectivity index (χ2v) is 3.65. The van der Waals surface area contributed by atoms with Gasteiger partial charge in [-0.3, -0.25) is 5.01 Å². The third-order valence-electron chi connectivity index (χ3n) is 2.24. The summed E-state index contributed by atoms with van der Waals surface area (Å²) in [6.07, 6.45) is 2.50. The van der Waals surface area contributed by atoms with E-state index in [9.17, 15) is 0 Å². The molecule has 1 N–H and O–H groups in total. The average molecular weight is 182 g/mol. The number of aliphatic hydroxyl groups excluding tert-OH is 1. The zero-order valence-electron chi connectivity index (χ0n) is 8.45. The molecule has 0 aromatic rings. The minimum absolute atomic E-state index is 0.127. The molecule has 0 saturated heterocycles. The van der Waals surface area contributed by atoms with E-state index in [4.69, 9.17) is 5.11 Å². The Bertz CT molecular complexity index is 215. The van der Waals surface area contributed by atoms with Crippen molar-refractivity contribution >= 4 is 6.72 Å². The van der Waals surface area contributed by atoms with Crippen LogP contribution in [0.15, 0.2) is 16.4 Å². The second kappa shape index (κ2) is 4.42. The van der Waals surface area contributed by atoms with Crippen molar-refractivity contribution in [3.63, 3.8) is 0 Å². The van der Waals surface area contributed by atoms with E-state index in [1.165, 1.54) is 24.1 Å². The van der Waals surface area contributed by atoms with Crippen LogP contribution in [-0.4, -0.2) is 30.0 Å². The summed E-state index contributed by atoms with van der Waals surface area (Å²) in [5.74, 6) is 0.655. The van der Waals surface area contributed by atoms with Gasteiger partial charge in [-0.05, 0) is 26.7 Å². The van der Waals surface area contributed by atoms with Crippen molar-refractivity contribution in [1.29, 1.82) is 0 Å². The Hall–Kier alpha value is -0.830. The Kier molecular flexibility index (Phi) is 3.48. The van der Waals surface area contributed by atoms with Gasteiger partial charge in [0.2, 0.25) is 0 Å². The van der Waals surface area contributed by atoms with Gasteiger partial charge in [-0.15, -0.1) is 0 Å². The molecule has 3 heteroatoms. The predicted octanol–water partition coefficient (Wildman–Crippen LogP) is 1.60. The van der Waals surface area contributed by atoms with Crippen LogP contribution < -0.4 is 0 Å².